The molecule has 2 aromatic carbocycles. The lowest BCUT2D eigenvalue weighted by Gasteiger charge is -2.19. The van der Waals surface area contributed by atoms with Crippen LogP contribution in [0.3, 0.4) is 0 Å². The molecule has 0 aliphatic heterocycles. The van der Waals surface area contributed by atoms with Gasteiger partial charge >= 0.3 is 0 Å². The highest BCUT2D eigenvalue weighted by Gasteiger charge is 2.12. The lowest BCUT2D eigenvalue weighted by Crippen LogP contribution is -2.34. The summed E-state index contributed by atoms with van der Waals surface area (Å²) >= 11 is 10.2. The lowest BCUT2D eigenvalue weighted by atomic mass is 9.87. The average Bonchev–Trinajstić information content (AvgIpc) is 2.58. The molecular formula is C20H26N4S2. The molecule has 26 heavy (non-hydrogen) atoms. The van der Waals surface area contributed by atoms with E-state index in [-0.39, 0.29) is 10.5 Å². The molecule has 2 aromatic rings. The Balaban J connectivity index is 1.77. The normalized spacial score (nSPS) is 10.9. The van der Waals surface area contributed by atoms with E-state index in [9.17, 15) is 0 Å². The van der Waals surface area contributed by atoms with Gasteiger partial charge in [0.1, 0.15) is 0 Å². The standard InChI is InChI=1S/C20H26N4S2/c1-20(2,3)16-8-4-14(5-9-16)12-22-19(26)23-13-15-6-10-17(11-7-15)24-18(21)25/h4-11H,12-13H2,1-3H3,(H3,21,24,25)(H2,22,23,26). The molecule has 0 fully saturated rings. The number of hydrogen-bond donors (Lipinski definition) is 4. The molecule has 6 heteroatoms. The maximum atomic E-state index is 5.45. The second-order valence-electron chi connectivity index (χ2n) is 7.17. The first-order valence-corrected chi connectivity index (χ1v) is 9.32. The van der Waals surface area contributed by atoms with Crippen LogP contribution in [0.2, 0.25) is 0 Å². The predicted molar refractivity (Wildman–Crippen MR) is 118 cm³/mol. The Hall–Kier alpha value is -2.18. The van der Waals surface area contributed by atoms with E-state index < -0.39 is 0 Å². The minimum atomic E-state index is 0.170. The van der Waals surface area contributed by atoms with E-state index >= 15 is 0 Å². The molecule has 0 aliphatic carbocycles. The van der Waals surface area contributed by atoms with Crippen LogP contribution in [-0.4, -0.2) is 10.2 Å². The highest BCUT2D eigenvalue weighted by atomic mass is 32.1. The molecule has 0 radical (unpaired) electrons. The third-order valence-corrected chi connectivity index (χ3v) is 4.34. The van der Waals surface area contributed by atoms with Gasteiger partial charge in [-0.1, -0.05) is 57.2 Å². The monoisotopic (exact) mass is 386 g/mol. The van der Waals surface area contributed by atoms with E-state index in [1.807, 2.05) is 24.3 Å². The van der Waals surface area contributed by atoms with Crippen molar-refractivity contribution < 1.29 is 0 Å². The Kier molecular flexibility index (Phi) is 6.94. The molecule has 0 saturated carbocycles. The van der Waals surface area contributed by atoms with Gasteiger partial charge in [-0.05, 0) is 58.7 Å². The van der Waals surface area contributed by atoms with Crippen molar-refractivity contribution in [2.45, 2.75) is 39.3 Å². The zero-order chi connectivity index (χ0) is 19.2. The number of benzene rings is 2. The van der Waals surface area contributed by atoms with Gasteiger partial charge in [-0.15, -0.1) is 0 Å². The van der Waals surface area contributed by atoms with Crippen LogP contribution in [0, 0.1) is 0 Å². The van der Waals surface area contributed by atoms with Crippen LogP contribution < -0.4 is 21.7 Å². The van der Waals surface area contributed by atoms with Gasteiger partial charge in [0.15, 0.2) is 10.2 Å². The summed E-state index contributed by atoms with van der Waals surface area (Å²) in [5.74, 6) is 0. The zero-order valence-electron chi connectivity index (χ0n) is 15.4. The summed E-state index contributed by atoms with van der Waals surface area (Å²) in [5.41, 5.74) is 10.2. The third-order valence-electron chi connectivity index (χ3n) is 3.95. The zero-order valence-corrected chi connectivity index (χ0v) is 17.1. The Labute approximate surface area is 166 Å². The van der Waals surface area contributed by atoms with Crippen molar-refractivity contribution in [2.24, 2.45) is 5.73 Å². The summed E-state index contributed by atoms with van der Waals surface area (Å²) in [6.07, 6.45) is 0. The minimum Gasteiger partial charge on any atom is -0.376 e. The molecule has 0 unspecified atom stereocenters. The van der Waals surface area contributed by atoms with E-state index in [2.05, 4.69) is 61.0 Å². The summed E-state index contributed by atoms with van der Waals surface area (Å²) in [5, 5.41) is 10.2. The summed E-state index contributed by atoms with van der Waals surface area (Å²) in [6, 6.07) is 16.5. The SMILES string of the molecule is CC(C)(C)c1ccc(CNC(=S)NCc2ccc(NC(N)=S)cc2)cc1. The lowest BCUT2D eigenvalue weighted by molar-refractivity contribution is 0.590. The Morgan fingerprint density at radius 3 is 1.73 bits per heavy atom. The molecule has 0 aromatic heterocycles. The molecular weight excluding hydrogens is 360 g/mol. The topological polar surface area (TPSA) is 62.1 Å². The first-order chi connectivity index (χ1) is 12.2. The number of hydrogen-bond acceptors (Lipinski definition) is 2. The van der Waals surface area contributed by atoms with Crippen molar-refractivity contribution >= 4 is 40.3 Å². The van der Waals surface area contributed by atoms with Crippen LogP contribution in [0.15, 0.2) is 48.5 Å². The maximum Gasteiger partial charge on any atom is 0.168 e. The van der Waals surface area contributed by atoms with Crippen LogP contribution in [0.25, 0.3) is 0 Å². The van der Waals surface area contributed by atoms with E-state index in [0.717, 1.165) is 11.3 Å². The fourth-order valence-corrected chi connectivity index (χ4v) is 2.66. The molecule has 138 valence electrons. The van der Waals surface area contributed by atoms with Crippen LogP contribution in [0.5, 0.6) is 0 Å². The van der Waals surface area contributed by atoms with Crippen molar-refractivity contribution in [3.8, 4) is 0 Å². The van der Waals surface area contributed by atoms with E-state index in [1.165, 1.54) is 11.1 Å². The van der Waals surface area contributed by atoms with Crippen molar-refractivity contribution in [1.82, 2.24) is 10.6 Å². The maximum absolute atomic E-state index is 5.45. The minimum absolute atomic E-state index is 0.170. The van der Waals surface area contributed by atoms with Crippen LogP contribution in [-0.2, 0) is 18.5 Å². The van der Waals surface area contributed by atoms with E-state index in [0.29, 0.717) is 18.2 Å². The molecule has 0 bridgehead atoms. The molecule has 5 N–H and O–H groups in total. The third kappa shape index (κ3) is 6.61. The molecule has 0 amide bonds. The average molecular weight is 387 g/mol. The summed E-state index contributed by atoms with van der Waals surface area (Å²) in [7, 11) is 0. The highest BCUT2D eigenvalue weighted by molar-refractivity contribution is 7.80. The first-order valence-electron chi connectivity index (χ1n) is 8.50. The number of nitrogens with two attached hydrogens (primary N) is 1. The molecule has 2 rings (SSSR count). The predicted octanol–water partition coefficient (Wildman–Crippen LogP) is 3.80. The molecule has 0 saturated heterocycles. The van der Waals surface area contributed by atoms with Crippen molar-refractivity contribution in [3.05, 3.63) is 65.2 Å². The van der Waals surface area contributed by atoms with Gasteiger partial charge in [-0.3, -0.25) is 0 Å². The van der Waals surface area contributed by atoms with Crippen molar-refractivity contribution in [1.29, 1.82) is 0 Å². The second-order valence-corrected chi connectivity index (χ2v) is 8.02. The summed E-state index contributed by atoms with van der Waals surface area (Å²) in [6.45, 7) is 8.00. The number of thiocarbonyl (C=S) groups is 2. The van der Waals surface area contributed by atoms with Crippen LogP contribution in [0.1, 0.15) is 37.5 Å². The van der Waals surface area contributed by atoms with Gasteiger partial charge in [0, 0.05) is 18.8 Å². The van der Waals surface area contributed by atoms with Crippen LogP contribution >= 0.6 is 24.4 Å². The van der Waals surface area contributed by atoms with Gasteiger partial charge in [0.2, 0.25) is 0 Å². The molecule has 0 spiro atoms. The Morgan fingerprint density at radius 1 is 0.846 bits per heavy atom. The van der Waals surface area contributed by atoms with Gasteiger partial charge in [-0.2, -0.15) is 0 Å². The van der Waals surface area contributed by atoms with Crippen molar-refractivity contribution in [3.63, 3.8) is 0 Å². The highest BCUT2D eigenvalue weighted by Crippen LogP contribution is 2.22. The first kappa shape index (κ1) is 20.1. The number of nitrogens with one attached hydrogen (secondary N) is 3. The number of anilines is 1. The summed E-state index contributed by atoms with van der Waals surface area (Å²) in [4.78, 5) is 0. The van der Waals surface area contributed by atoms with Crippen LogP contribution in [0.4, 0.5) is 5.69 Å². The second kappa shape index (κ2) is 8.96. The molecule has 0 aliphatic rings. The Bertz CT molecular complexity index is 747. The fourth-order valence-electron chi connectivity index (χ4n) is 2.40. The van der Waals surface area contributed by atoms with Gasteiger partial charge in [0.05, 0.1) is 0 Å². The number of rotatable bonds is 5. The van der Waals surface area contributed by atoms with Gasteiger partial charge in [-0.25, -0.2) is 0 Å². The van der Waals surface area contributed by atoms with Crippen molar-refractivity contribution in [2.75, 3.05) is 5.32 Å². The molecule has 0 heterocycles. The smallest absolute Gasteiger partial charge is 0.168 e. The fraction of sp³-hybridized carbons (Fsp3) is 0.300. The molecule has 4 nitrogen and oxygen atoms in total. The largest absolute Gasteiger partial charge is 0.376 e. The van der Waals surface area contributed by atoms with Gasteiger partial charge in [0.25, 0.3) is 0 Å². The van der Waals surface area contributed by atoms with E-state index in [1.54, 1.807) is 0 Å². The molecule has 0 atom stereocenters. The van der Waals surface area contributed by atoms with E-state index in [4.69, 9.17) is 30.2 Å². The Morgan fingerprint density at radius 2 is 1.31 bits per heavy atom. The summed E-state index contributed by atoms with van der Waals surface area (Å²) < 4.78 is 0. The van der Waals surface area contributed by atoms with Gasteiger partial charge < -0.3 is 21.7 Å². The quantitative estimate of drug-likeness (QED) is 0.586.